The van der Waals surface area contributed by atoms with Gasteiger partial charge in [0.2, 0.25) is 0 Å². The van der Waals surface area contributed by atoms with Gasteiger partial charge in [-0.25, -0.2) is 8.78 Å². The van der Waals surface area contributed by atoms with E-state index in [1.807, 2.05) is 20.9 Å². The van der Waals surface area contributed by atoms with Crippen LogP contribution in [0, 0.1) is 25.5 Å². The lowest BCUT2D eigenvalue weighted by molar-refractivity contribution is 0.167. The fourth-order valence-electron chi connectivity index (χ4n) is 2.35. The lowest BCUT2D eigenvalue weighted by atomic mass is 10.0. The van der Waals surface area contributed by atoms with Crippen molar-refractivity contribution in [3.05, 3.63) is 52.3 Å². The molecule has 1 aromatic heterocycles. The van der Waals surface area contributed by atoms with Crippen LogP contribution in [0.5, 0.6) is 0 Å². The second-order valence-electron chi connectivity index (χ2n) is 5.00. The summed E-state index contributed by atoms with van der Waals surface area (Å²) in [5.74, 6) is -1.84. The topological polar surface area (TPSA) is 38.0 Å². The van der Waals surface area contributed by atoms with E-state index in [1.54, 1.807) is 4.68 Å². The Morgan fingerprint density at radius 2 is 1.95 bits per heavy atom. The van der Waals surface area contributed by atoms with E-state index < -0.39 is 17.7 Å². The maximum atomic E-state index is 13.1. The lowest BCUT2D eigenvalue weighted by Gasteiger charge is -2.11. The van der Waals surface area contributed by atoms with Crippen molar-refractivity contribution in [3.63, 3.8) is 0 Å². The van der Waals surface area contributed by atoms with Gasteiger partial charge in [-0.3, -0.25) is 4.68 Å². The molecule has 0 amide bonds. The molecule has 2 aromatic rings. The molecule has 0 saturated heterocycles. The van der Waals surface area contributed by atoms with Crippen molar-refractivity contribution < 1.29 is 13.9 Å². The van der Waals surface area contributed by atoms with E-state index in [0.29, 0.717) is 18.4 Å². The Morgan fingerprint density at radius 1 is 1.25 bits per heavy atom. The number of halogens is 2. The number of aliphatic hydroxyl groups excluding tert-OH is 1. The minimum Gasteiger partial charge on any atom is -0.388 e. The zero-order valence-corrected chi connectivity index (χ0v) is 11.8. The molecule has 0 aliphatic heterocycles. The number of rotatable bonds is 4. The molecule has 20 heavy (non-hydrogen) atoms. The number of nitrogens with zero attached hydrogens (tertiary/aromatic N) is 2. The summed E-state index contributed by atoms with van der Waals surface area (Å²) in [5, 5.41) is 14.4. The summed E-state index contributed by atoms with van der Waals surface area (Å²) in [4.78, 5) is 0. The monoisotopic (exact) mass is 280 g/mol. The number of aliphatic hydroxyl groups is 1. The zero-order valence-electron chi connectivity index (χ0n) is 11.8. The molecule has 1 unspecified atom stereocenters. The van der Waals surface area contributed by atoms with Crippen LogP contribution < -0.4 is 0 Å². The van der Waals surface area contributed by atoms with Crippen molar-refractivity contribution in [1.29, 1.82) is 0 Å². The van der Waals surface area contributed by atoms with Crippen molar-refractivity contribution >= 4 is 0 Å². The number of hydrogen-bond donors (Lipinski definition) is 1. The Labute approximate surface area is 116 Å². The van der Waals surface area contributed by atoms with Crippen LogP contribution in [0.2, 0.25) is 0 Å². The summed E-state index contributed by atoms with van der Waals surface area (Å²) < 4.78 is 27.8. The highest BCUT2D eigenvalue weighted by Gasteiger charge is 2.14. The van der Waals surface area contributed by atoms with E-state index >= 15 is 0 Å². The van der Waals surface area contributed by atoms with Gasteiger partial charge in [-0.1, -0.05) is 6.07 Å². The second-order valence-corrected chi connectivity index (χ2v) is 5.00. The lowest BCUT2D eigenvalue weighted by Crippen LogP contribution is -2.02. The number of aryl methyl sites for hydroxylation is 2. The number of benzene rings is 1. The molecule has 5 heteroatoms. The molecule has 2 rings (SSSR count). The highest BCUT2D eigenvalue weighted by molar-refractivity contribution is 5.25. The van der Waals surface area contributed by atoms with E-state index in [2.05, 4.69) is 5.10 Å². The van der Waals surface area contributed by atoms with Gasteiger partial charge in [0, 0.05) is 12.7 Å². The highest BCUT2D eigenvalue weighted by Crippen LogP contribution is 2.23. The van der Waals surface area contributed by atoms with Gasteiger partial charge < -0.3 is 5.11 Å². The Balaban J connectivity index is 2.08. The quantitative estimate of drug-likeness (QED) is 0.935. The summed E-state index contributed by atoms with van der Waals surface area (Å²) in [7, 11) is 1.87. The van der Waals surface area contributed by atoms with Gasteiger partial charge in [-0.05, 0) is 49.9 Å². The van der Waals surface area contributed by atoms with Gasteiger partial charge >= 0.3 is 0 Å². The Hall–Kier alpha value is -1.75. The Morgan fingerprint density at radius 3 is 2.50 bits per heavy atom. The second kappa shape index (κ2) is 5.71. The summed E-state index contributed by atoms with van der Waals surface area (Å²) in [6.07, 6.45) is 0.272. The molecular formula is C15H18F2N2O. The number of hydrogen-bond acceptors (Lipinski definition) is 2. The maximum Gasteiger partial charge on any atom is 0.159 e. The van der Waals surface area contributed by atoms with E-state index in [1.165, 1.54) is 6.07 Å². The predicted octanol–water partition coefficient (Wildman–Crippen LogP) is 2.98. The number of aromatic nitrogens is 2. The van der Waals surface area contributed by atoms with E-state index in [4.69, 9.17) is 0 Å². The van der Waals surface area contributed by atoms with Crippen molar-refractivity contribution in [1.82, 2.24) is 9.78 Å². The van der Waals surface area contributed by atoms with Crippen LogP contribution in [-0.4, -0.2) is 14.9 Å². The average molecular weight is 280 g/mol. The molecule has 1 atom stereocenters. The van der Waals surface area contributed by atoms with Crippen LogP contribution >= 0.6 is 0 Å². The Bertz CT molecular complexity index is 623. The summed E-state index contributed by atoms with van der Waals surface area (Å²) in [5.41, 5.74) is 3.47. The van der Waals surface area contributed by atoms with Crippen LogP contribution in [-0.2, 0) is 13.5 Å². The van der Waals surface area contributed by atoms with E-state index in [9.17, 15) is 13.9 Å². The van der Waals surface area contributed by atoms with Crippen LogP contribution in [0.15, 0.2) is 18.2 Å². The van der Waals surface area contributed by atoms with Crippen molar-refractivity contribution in [2.45, 2.75) is 32.8 Å². The standard InChI is InChI=1S/C15H18F2N2O/c1-9-12(10(2)19(3)18-9)5-7-15(20)11-4-6-13(16)14(17)8-11/h4,6,8,15,20H,5,7H2,1-3H3. The van der Waals surface area contributed by atoms with Crippen molar-refractivity contribution in [2.24, 2.45) is 7.05 Å². The molecule has 1 aromatic carbocycles. The first-order chi connectivity index (χ1) is 9.40. The van der Waals surface area contributed by atoms with Crippen molar-refractivity contribution in [2.75, 3.05) is 0 Å². The van der Waals surface area contributed by atoms with Crippen LogP contribution in [0.3, 0.4) is 0 Å². The first kappa shape index (κ1) is 14.7. The van der Waals surface area contributed by atoms with Crippen LogP contribution in [0.1, 0.15) is 35.0 Å². The maximum absolute atomic E-state index is 13.1. The first-order valence-electron chi connectivity index (χ1n) is 6.52. The van der Waals surface area contributed by atoms with Gasteiger partial charge in [-0.15, -0.1) is 0 Å². The molecule has 0 fully saturated rings. The smallest absolute Gasteiger partial charge is 0.159 e. The molecule has 3 nitrogen and oxygen atoms in total. The fraction of sp³-hybridized carbons (Fsp3) is 0.400. The minimum atomic E-state index is -0.935. The predicted molar refractivity (Wildman–Crippen MR) is 72.3 cm³/mol. The molecule has 1 N–H and O–H groups in total. The fourth-order valence-corrected chi connectivity index (χ4v) is 2.35. The van der Waals surface area contributed by atoms with Gasteiger partial charge in [0.05, 0.1) is 11.8 Å². The molecular weight excluding hydrogens is 262 g/mol. The van der Waals surface area contributed by atoms with Gasteiger partial charge in [0.1, 0.15) is 0 Å². The summed E-state index contributed by atoms with van der Waals surface area (Å²) in [6.45, 7) is 3.89. The van der Waals surface area contributed by atoms with Crippen molar-refractivity contribution in [3.8, 4) is 0 Å². The molecule has 1 heterocycles. The Kier molecular flexibility index (Phi) is 4.18. The van der Waals surface area contributed by atoms with Gasteiger partial charge in [0.15, 0.2) is 11.6 Å². The third-order valence-corrected chi connectivity index (χ3v) is 3.66. The summed E-state index contributed by atoms with van der Waals surface area (Å²) >= 11 is 0. The summed E-state index contributed by atoms with van der Waals surface area (Å²) in [6, 6.07) is 3.49. The SMILES string of the molecule is Cc1nn(C)c(C)c1CCC(O)c1ccc(F)c(F)c1. The normalized spacial score (nSPS) is 12.7. The third-order valence-electron chi connectivity index (χ3n) is 3.66. The molecule has 0 aliphatic carbocycles. The average Bonchev–Trinajstić information content (AvgIpc) is 2.64. The molecule has 0 aliphatic rings. The van der Waals surface area contributed by atoms with Crippen LogP contribution in [0.4, 0.5) is 8.78 Å². The molecule has 0 saturated carbocycles. The minimum absolute atomic E-state index is 0.392. The molecule has 0 spiro atoms. The molecule has 108 valence electrons. The molecule has 0 radical (unpaired) electrons. The largest absolute Gasteiger partial charge is 0.388 e. The van der Waals surface area contributed by atoms with Gasteiger partial charge in [-0.2, -0.15) is 5.10 Å². The highest BCUT2D eigenvalue weighted by atomic mass is 19.2. The van der Waals surface area contributed by atoms with E-state index in [-0.39, 0.29) is 0 Å². The van der Waals surface area contributed by atoms with E-state index in [0.717, 1.165) is 29.1 Å². The third kappa shape index (κ3) is 2.88. The van der Waals surface area contributed by atoms with Crippen LogP contribution in [0.25, 0.3) is 0 Å². The van der Waals surface area contributed by atoms with Gasteiger partial charge in [0.25, 0.3) is 0 Å². The zero-order chi connectivity index (χ0) is 14.9. The molecule has 0 bridgehead atoms. The first-order valence-corrected chi connectivity index (χ1v) is 6.52.